The van der Waals surface area contributed by atoms with Crippen molar-refractivity contribution in [1.82, 2.24) is 0 Å². The van der Waals surface area contributed by atoms with Crippen molar-refractivity contribution < 1.29 is 19.4 Å². The van der Waals surface area contributed by atoms with E-state index in [1.165, 1.54) is 12.7 Å². The van der Waals surface area contributed by atoms with E-state index in [4.69, 9.17) is 14.6 Å². The molecule has 2 aromatic rings. The SMILES string of the molecule is CCC(C)c1ccc(N=Cc2cc(I)c(OCC(=O)O)c(OC)c2)cc1. The van der Waals surface area contributed by atoms with E-state index in [1.54, 1.807) is 12.3 Å². The normalized spacial score (nSPS) is 12.2. The van der Waals surface area contributed by atoms with Crippen molar-refractivity contribution >= 4 is 40.5 Å². The number of hydrogen-bond acceptors (Lipinski definition) is 4. The Hall–Kier alpha value is -2.09. The molecule has 2 aromatic carbocycles. The lowest BCUT2D eigenvalue weighted by atomic mass is 9.99. The molecule has 0 aliphatic heterocycles. The summed E-state index contributed by atoms with van der Waals surface area (Å²) < 4.78 is 11.4. The van der Waals surface area contributed by atoms with Crippen molar-refractivity contribution in [2.45, 2.75) is 26.2 Å². The maximum atomic E-state index is 10.7. The molecule has 0 aromatic heterocycles. The number of rotatable bonds is 8. The van der Waals surface area contributed by atoms with Crippen LogP contribution in [0.3, 0.4) is 0 Å². The van der Waals surface area contributed by atoms with Crippen LogP contribution in [0.1, 0.15) is 37.3 Å². The van der Waals surface area contributed by atoms with Crippen LogP contribution in [0.15, 0.2) is 41.4 Å². The van der Waals surface area contributed by atoms with Crippen LogP contribution in [-0.2, 0) is 4.79 Å². The molecule has 0 heterocycles. The number of ether oxygens (including phenoxy) is 2. The van der Waals surface area contributed by atoms with E-state index in [1.807, 2.05) is 18.2 Å². The van der Waals surface area contributed by atoms with Gasteiger partial charge in [-0.2, -0.15) is 0 Å². The molecule has 0 aliphatic rings. The van der Waals surface area contributed by atoms with Gasteiger partial charge in [0.25, 0.3) is 0 Å². The fraction of sp³-hybridized carbons (Fsp3) is 0.300. The molecule has 1 atom stereocenters. The molecular weight excluding hydrogens is 445 g/mol. The summed E-state index contributed by atoms with van der Waals surface area (Å²) in [7, 11) is 1.52. The molecule has 2 rings (SSSR count). The zero-order chi connectivity index (χ0) is 19.1. The number of carboxylic acid groups (broad SMARTS) is 1. The average molecular weight is 467 g/mol. The number of aliphatic carboxylic acids is 1. The molecule has 0 bridgehead atoms. The number of nitrogens with zero attached hydrogens (tertiary/aromatic N) is 1. The first-order chi connectivity index (χ1) is 12.4. The second-order valence-electron chi connectivity index (χ2n) is 5.88. The van der Waals surface area contributed by atoms with Crippen LogP contribution >= 0.6 is 22.6 Å². The first-order valence-electron chi connectivity index (χ1n) is 8.30. The second-order valence-corrected chi connectivity index (χ2v) is 7.04. The average Bonchev–Trinajstić information content (AvgIpc) is 2.64. The number of hydrogen-bond donors (Lipinski definition) is 1. The zero-order valence-electron chi connectivity index (χ0n) is 15.0. The predicted molar refractivity (Wildman–Crippen MR) is 111 cm³/mol. The lowest BCUT2D eigenvalue weighted by molar-refractivity contribution is -0.139. The van der Waals surface area contributed by atoms with Crippen LogP contribution in [0.2, 0.25) is 0 Å². The highest BCUT2D eigenvalue weighted by molar-refractivity contribution is 14.1. The summed E-state index contributed by atoms with van der Waals surface area (Å²) in [5.74, 6) is 0.406. The number of benzene rings is 2. The smallest absolute Gasteiger partial charge is 0.341 e. The minimum atomic E-state index is -1.03. The Morgan fingerprint density at radius 3 is 2.58 bits per heavy atom. The lowest BCUT2D eigenvalue weighted by Crippen LogP contribution is -2.11. The summed E-state index contributed by atoms with van der Waals surface area (Å²) in [5, 5.41) is 8.77. The van der Waals surface area contributed by atoms with Gasteiger partial charge < -0.3 is 14.6 Å². The monoisotopic (exact) mass is 467 g/mol. The Morgan fingerprint density at radius 1 is 1.31 bits per heavy atom. The molecule has 0 saturated carbocycles. The number of carbonyl (C=O) groups is 1. The Morgan fingerprint density at radius 2 is 2.00 bits per heavy atom. The van der Waals surface area contributed by atoms with Crippen molar-refractivity contribution in [3.63, 3.8) is 0 Å². The van der Waals surface area contributed by atoms with E-state index in [0.717, 1.165) is 21.2 Å². The van der Waals surface area contributed by atoms with Gasteiger partial charge in [-0.15, -0.1) is 0 Å². The minimum Gasteiger partial charge on any atom is -0.493 e. The van der Waals surface area contributed by atoms with Crippen molar-refractivity contribution in [3.05, 3.63) is 51.1 Å². The molecule has 1 unspecified atom stereocenters. The molecule has 0 saturated heterocycles. The molecular formula is C20H22INO4. The van der Waals surface area contributed by atoms with E-state index in [9.17, 15) is 4.79 Å². The predicted octanol–water partition coefficient (Wildman–Crippen LogP) is 5.03. The summed E-state index contributed by atoms with van der Waals surface area (Å²) in [5.41, 5.74) is 3.03. The molecule has 0 fully saturated rings. The van der Waals surface area contributed by atoms with Gasteiger partial charge in [-0.05, 0) is 70.3 Å². The van der Waals surface area contributed by atoms with Gasteiger partial charge in [0.05, 0.1) is 16.4 Å². The maximum absolute atomic E-state index is 10.7. The first-order valence-corrected chi connectivity index (χ1v) is 9.38. The third-order valence-corrected chi connectivity index (χ3v) is 4.83. The minimum absolute atomic E-state index is 0.414. The van der Waals surface area contributed by atoms with Gasteiger partial charge >= 0.3 is 5.97 Å². The van der Waals surface area contributed by atoms with Crippen LogP contribution < -0.4 is 9.47 Å². The quantitative estimate of drug-likeness (QED) is 0.437. The van der Waals surface area contributed by atoms with E-state index >= 15 is 0 Å². The molecule has 26 heavy (non-hydrogen) atoms. The second kappa shape index (κ2) is 9.56. The Bertz CT molecular complexity index is 787. The standard InChI is InChI=1S/C20H22INO4/c1-4-13(2)15-5-7-16(8-6-15)22-11-14-9-17(21)20(18(10-14)25-3)26-12-19(23)24/h5-11,13H,4,12H2,1-3H3,(H,23,24). The summed E-state index contributed by atoms with van der Waals surface area (Å²) in [6, 6.07) is 11.9. The van der Waals surface area contributed by atoms with Gasteiger partial charge in [0.2, 0.25) is 0 Å². The van der Waals surface area contributed by atoms with E-state index < -0.39 is 12.6 Å². The summed E-state index contributed by atoms with van der Waals surface area (Å²) in [6.45, 7) is 3.97. The lowest BCUT2D eigenvalue weighted by Gasteiger charge is -2.12. The fourth-order valence-electron chi connectivity index (χ4n) is 2.36. The van der Waals surface area contributed by atoms with Gasteiger partial charge in [0.1, 0.15) is 0 Å². The van der Waals surface area contributed by atoms with Crippen LogP contribution in [-0.4, -0.2) is 31.0 Å². The zero-order valence-corrected chi connectivity index (χ0v) is 17.2. The van der Waals surface area contributed by atoms with Crippen LogP contribution in [0, 0.1) is 3.57 Å². The third-order valence-electron chi connectivity index (χ3n) is 4.03. The maximum Gasteiger partial charge on any atom is 0.341 e. The van der Waals surface area contributed by atoms with Gasteiger partial charge in [0, 0.05) is 6.21 Å². The largest absolute Gasteiger partial charge is 0.493 e. The highest BCUT2D eigenvalue weighted by Gasteiger charge is 2.12. The Kier molecular flexibility index (Phi) is 7.44. The topological polar surface area (TPSA) is 68.1 Å². The number of halogens is 1. The molecule has 0 spiro atoms. The van der Waals surface area contributed by atoms with Crippen LogP contribution in [0.4, 0.5) is 5.69 Å². The van der Waals surface area contributed by atoms with Gasteiger partial charge in [-0.1, -0.05) is 26.0 Å². The van der Waals surface area contributed by atoms with Crippen molar-refractivity contribution in [2.24, 2.45) is 4.99 Å². The van der Waals surface area contributed by atoms with E-state index in [-0.39, 0.29) is 0 Å². The molecule has 138 valence electrons. The van der Waals surface area contributed by atoms with Gasteiger partial charge in [0.15, 0.2) is 18.1 Å². The highest BCUT2D eigenvalue weighted by Crippen LogP contribution is 2.33. The van der Waals surface area contributed by atoms with E-state index in [0.29, 0.717) is 17.4 Å². The molecule has 0 amide bonds. The Labute approximate surface area is 167 Å². The highest BCUT2D eigenvalue weighted by atomic mass is 127. The number of carboxylic acids is 1. The fourth-order valence-corrected chi connectivity index (χ4v) is 3.14. The molecule has 0 aliphatic carbocycles. The van der Waals surface area contributed by atoms with E-state index in [2.05, 4.69) is 53.6 Å². The molecule has 0 radical (unpaired) electrons. The summed E-state index contributed by atoms with van der Waals surface area (Å²) in [6.07, 6.45) is 2.86. The molecule has 5 nitrogen and oxygen atoms in total. The Balaban J connectivity index is 2.19. The third kappa shape index (κ3) is 5.45. The summed E-state index contributed by atoms with van der Waals surface area (Å²) >= 11 is 2.09. The van der Waals surface area contributed by atoms with Gasteiger partial charge in [-0.25, -0.2) is 4.79 Å². The van der Waals surface area contributed by atoms with Crippen molar-refractivity contribution in [3.8, 4) is 11.5 Å². The number of methoxy groups -OCH3 is 1. The van der Waals surface area contributed by atoms with Crippen molar-refractivity contribution in [2.75, 3.05) is 13.7 Å². The molecule has 1 N–H and O–H groups in total. The summed E-state index contributed by atoms with van der Waals surface area (Å²) in [4.78, 5) is 15.2. The van der Waals surface area contributed by atoms with Crippen LogP contribution in [0.25, 0.3) is 0 Å². The van der Waals surface area contributed by atoms with Crippen molar-refractivity contribution in [1.29, 1.82) is 0 Å². The first kappa shape index (κ1) is 20.2. The van der Waals surface area contributed by atoms with Gasteiger partial charge in [-0.3, -0.25) is 4.99 Å². The molecule has 6 heteroatoms. The number of aliphatic imine (C=N–C) groups is 1. The van der Waals surface area contributed by atoms with Crippen LogP contribution in [0.5, 0.6) is 11.5 Å².